The molecule has 2 heterocycles. The lowest BCUT2D eigenvalue weighted by Gasteiger charge is -2.07. The van der Waals surface area contributed by atoms with Gasteiger partial charge in [0.1, 0.15) is 24.1 Å². The second kappa shape index (κ2) is 5.60. The number of rotatable bonds is 4. The minimum Gasteiger partial charge on any atom is -0.382 e. The van der Waals surface area contributed by atoms with Crippen LogP contribution in [0.3, 0.4) is 0 Å². The summed E-state index contributed by atoms with van der Waals surface area (Å²) in [5.74, 6) is 0.448. The molecule has 0 aliphatic carbocycles. The van der Waals surface area contributed by atoms with Gasteiger partial charge in [-0.3, -0.25) is 0 Å². The lowest BCUT2D eigenvalue weighted by Crippen LogP contribution is -2.04. The van der Waals surface area contributed by atoms with Gasteiger partial charge in [-0.1, -0.05) is 30.3 Å². The maximum Gasteiger partial charge on any atom is 0.151 e. The van der Waals surface area contributed by atoms with Gasteiger partial charge >= 0.3 is 0 Å². The zero-order valence-corrected chi connectivity index (χ0v) is 12.2. The van der Waals surface area contributed by atoms with Crippen LogP contribution in [0.4, 0.5) is 5.82 Å². The van der Waals surface area contributed by atoms with Crippen LogP contribution in [0, 0.1) is 0 Å². The molecule has 0 aliphatic heterocycles. The number of anilines is 1. The maximum absolute atomic E-state index is 5.90. The summed E-state index contributed by atoms with van der Waals surface area (Å²) in [6.45, 7) is 0.945. The van der Waals surface area contributed by atoms with Crippen molar-refractivity contribution in [1.82, 2.24) is 14.5 Å². The van der Waals surface area contributed by atoms with Crippen LogP contribution < -0.4 is 5.73 Å². The number of ether oxygens (including phenoxy) is 1. The largest absolute Gasteiger partial charge is 0.382 e. The number of halogens is 1. The number of nitrogen functional groups attached to an aromatic ring is 1. The van der Waals surface area contributed by atoms with Gasteiger partial charge in [-0.05, 0) is 21.5 Å². The first kappa shape index (κ1) is 13.1. The highest BCUT2D eigenvalue weighted by Gasteiger charge is 2.11. The molecular weight excluding hydrogens is 320 g/mol. The van der Waals surface area contributed by atoms with Crippen LogP contribution >= 0.6 is 15.9 Å². The van der Waals surface area contributed by atoms with E-state index in [9.17, 15) is 0 Å². The third kappa shape index (κ3) is 2.52. The van der Waals surface area contributed by atoms with Crippen molar-refractivity contribution < 1.29 is 4.74 Å². The summed E-state index contributed by atoms with van der Waals surface area (Å²) in [5.41, 5.74) is 8.61. The molecule has 0 atom stereocenters. The van der Waals surface area contributed by atoms with E-state index < -0.39 is 0 Å². The van der Waals surface area contributed by atoms with Crippen LogP contribution in [-0.2, 0) is 18.1 Å². The van der Waals surface area contributed by atoms with E-state index in [1.165, 1.54) is 6.33 Å². The van der Waals surface area contributed by atoms with Crippen molar-refractivity contribution in [2.24, 2.45) is 0 Å². The summed E-state index contributed by atoms with van der Waals surface area (Å²) in [6.07, 6.45) is 3.36. The number of hydrogen-bond donors (Lipinski definition) is 1. The molecule has 0 spiro atoms. The fourth-order valence-electron chi connectivity index (χ4n) is 2.05. The minimum atomic E-state index is 0.397. The maximum atomic E-state index is 5.90. The van der Waals surface area contributed by atoms with Gasteiger partial charge in [-0.2, -0.15) is 0 Å². The Hall–Kier alpha value is -1.92. The van der Waals surface area contributed by atoms with Crippen LogP contribution in [0.1, 0.15) is 5.56 Å². The monoisotopic (exact) mass is 332 g/mol. The Kier molecular flexibility index (Phi) is 3.66. The van der Waals surface area contributed by atoms with E-state index in [2.05, 4.69) is 25.9 Å². The van der Waals surface area contributed by atoms with E-state index in [0.29, 0.717) is 19.2 Å². The molecule has 0 saturated carbocycles. The highest BCUT2D eigenvalue weighted by molar-refractivity contribution is 9.10. The molecule has 0 amide bonds. The van der Waals surface area contributed by atoms with Crippen LogP contribution in [0.2, 0.25) is 0 Å². The van der Waals surface area contributed by atoms with Crippen molar-refractivity contribution in [3.05, 3.63) is 52.9 Å². The molecule has 3 aromatic rings. The summed E-state index contributed by atoms with van der Waals surface area (Å²) in [4.78, 5) is 8.23. The summed E-state index contributed by atoms with van der Waals surface area (Å²) >= 11 is 3.47. The Labute approximate surface area is 124 Å². The molecule has 0 unspecified atom stereocenters. The molecule has 0 bridgehead atoms. The van der Waals surface area contributed by atoms with Crippen LogP contribution in [0.5, 0.6) is 0 Å². The molecular formula is C14H13BrN4O. The van der Waals surface area contributed by atoms with E-state index in [-0.39, 0.29) is 0 Å². The van der Waals surface area contributed by atoms with Crippen LogP contribution in [-0.4, -0.2) is 14.5 Å². The minimum absolute atomic E-state index is 0.397. The van der Waals surface area contributed by atoms with Gasteiger partial charge < -0.3 is 15.0 Å². The first-order chi connectivity index (χ1) is 9.75. The Morgan fingerprint density at radius 3 is 2.80 bits per heavy atom. The molecule has 5 nitrogen and oxygen atoms in total. The molecule has 3 rings (SSSR count). The summed E-state index contributed by atoms with van der Waals surface area (Å²) < 4.78 is 8.49. The summed E-state index contributed by atoms with van der Waals surface area (Å²) in [5, 5.41) is 0. The molecule has 6 heteroatoms. The Morgan fingerprint density at radius 1 is 1.20 bits per heavy atom. The molecule has 1 aromatic carbocycles. The summed E-state index contributed by atoms with van der Waals surface area (Å²) in [6, 6.07) is 10.0. The predicted octanol–water partition coefficient (Wildman–Crippen LogP) is 2.95. The Bertz CT molecular complexity index is 727. The smallest absolute Gasteiger partial charge is 0.151 e. The Balaban J connectivity index is 1.78. The SMILES string of the molecule is Nc1ncnc2c(Br)cn(COCc3ccccc3)c12. The molecule has 0 saturated heterocycles. The normalized spacial score (nSPS) is 11.1. The quantitative estimate of drug-likeness (QED) is 0.797. The van der Waals surface area contributed by atoms with Gasteiger partial charge in [0.15, 0.2) is 5.82 Å². The fraction of sp³-hybridized carbons (Fsp3) is 0.143. The van der Waals surface area contributed by atoms with Crippen LogP contribution in [0.15, 0.2) is 47.3 Å². The van der Waals surface area contributed by atoms with Gasteiger partial charge in [0.2, 0.25) is 0 Å². The molecule has 2 aromatic heterocycles. The van der Waals surface area contributed by atoms with Gasteiger partial charge in [0, 0.05) is 6.20 Å². The van der Waals surface area contributed by atoms with Crippen molar-refractivity contribution in [1.29, 1.82) is 0 Å². The zero-order chi connectivity index (χ0) is 13.9. The number of hydrogen-bond acceptors (Lipinski definition) is 4. The molecule has 20 heavy (non-hydrogen) atoms. The first-order valence-corrected chi connectivity index (χ1v) is 6.91. The fourth-order valence-corrected chi connectivity index (χ4v) is 2.59. The number of fused-ring (bicyclic) bond motifs is 1. The standard InChI is InChI=1S/C14H13BrN4O/c15-11-6-19(13-12(11)17-8-18-14(13)16)9-20-7-10-4-2-1-3-5-10/h1-6,8H,7,9H2,(H2,16,17,18). The number of benzene rings is 1. The lowest BCUT2D eigenvalue weighted by molar-refractivity contribution is 0.0667. The van der Waals surface area contributed by atoms with Crippen molar-refractivity contribution in [3.8, 4) is 0 Å². The van der Waals surface area contributed by atoms with Gasteiger partial charge in [-0.25, -0.2) is 9.97 Å². The molecule has 2 N–H and O–H groups in total. The lowest BCUT2D eigenvalue weighted by atomic mass is 10.2. The Morgan fingerprint density at radius 2 is 2.00 bits per heavy atom. The molecule has 0 radical (unpaired) electrons. The third-order valence-electron chi connectivity index (χ3n) is 2.98. The predicted molar refractivity (Wildman–Crippen MR) is 80.9 cm³/mol. The molecule has 0 fully saturated rings. The van der Waals surface area contributed by atoms with Gasteiger partial charge in [-0.15, -0.1) is 0 Å². The number of aromatic nitrogens is 3. The second-order valence-corrected chi connectivity index (χ2v) is 5.22. The van der Waals surface area contributed by atoms with Gasteiger partial charge in [0.25, 0.3) is 0 Å². The topological polar surface area (TPSA) is 66.0 Å². The summed E-state index contributed by atoms with van der Waals surface area (Å²) in [7, 11) is 0. The van der Waals surface area contributed by atoms with E-state index in [1.807, 2.05) is 41.1 Å². The molecule has 0 aliphatic rings. The molecule has 102 valence electrons. The second-order valence-electron chi connectivity index (χ2n) is 4.37. The van der Waals surface area contributed by atoms with E-state index in [1.54, 1.807) is 0 Å². The van der Waals surface area contributed by atoms with Crippen LogP contribution in [0.25, 0.3) is 11.0 Å². The zero-order valence-electron chi connectivity index (χ0n) is 10.7. The van der Waals surface area contributed by atoms with Gasteiger partial charge in [0.05, 0.1) is 11.1 Å². The van der Waals surface area contributed by atoms with Crippen molar-refractivity contribution >= 4 is 32.8 Å². The van der Waals surface area contributed by atoms with Crippen molar-refractivity contribution in [2.45, 2.75) is 13.3 Å². The van der Waals surface area contributed by atoms with E-state index >= 15 is 0 Å². The van der Waals surface area contributed by atoms with Crippen molar-refractivity contribution in [2.75, 3.05) is 5.73 Å². The number of nitrogens with two attached hydrogens (primary N) is 1. The highest BCUT2D eigenvalue weighted by Crippen LogP contribution is 2.26. The highest BCUT2D eigenvalue weighted by atomic mass is 79.9. The number of nitrogens with zero attached hydrogens (tertiary/aromatic N) is 3. The first-order valence-electron chi connectivity index (χ1n) is 6.12. The van der Waals surface area contributed by atoms with E-state index in [4.69, 9.17) is 10.5 Å². The average molecular weight is 333 g/mol. The van der Waals surface area contributed by atoms with Crippen molar-refractivity contribution in [3.63, 3.8) is 0 Å². The third-order valence-corrected chi connectivity index (χ3v) is 3.56. The average Bonchev–Trinajstić information content (AvgIpc) is 2.78. The van der Waals surface area contributed by atoms with E-state index in [0.717, 1.165) is 21.1 Å².